The van der Waals surface area contributed by atoms with Crippen molar-refractivity contribution >= 4 is 0 Å². The van der Waals surface area contributed by atoms with E-state index in [9.17, 15) is 0 Å². The molecule has 0 aromatic heterocycles. The molecule has 2 aliphatic rings. The van der Waals surface area contributed by atoms with Gasteiger partial charge >= 0.3 is 26.2 Å². The summed E-state index contributed by atoms with van der Waals surface area (Å²) in [6.07, 6.45) is 8.64. The van der Waals surface area contributed by atoms with Gasteiger partial charge in [0.2, 0.25) is 0 Å². The molecule has 0 N–H and O–H groups in total. The van der Waals surface area contributed by atoms with E-state index in [4.69, 9.17) is 0 Å². The van der Waals surface area contributed by atoms with Crippen molar-refractivity contribution in [2.75, 3.05) is 0 Å². The first-order valence-corrected chi connectivity index (χ1v) is 8.25. The van der Waals surface area contributed by atoms with E-state index >= 15 is 0 Å². The maximum Gasteiger partial charge on any atom is 2.00 e. The Morgan fingerprint density at radius 1 is 0.962 bits per heavy atom. The molecule has 0 spiro atoms. The SMILES string of the molecule is CC#CC(C)(C1=CC=CC1)c1cccc2c1Cc1ccccc1-2.[Cl-].[Cl-].[Zr+2]. The molecule has 2 aliphatic carbocycles. The van der Waals surface area contributed by atoms with Crippen LogP contribution in [0.25, 0.3) is 11.1 Å². The molecule has 26 heavy (non-hydrogen) atoms. The molecule has 0 amide bonds. The quantitative estimate of drug-likeness (QED) is 0.452. The first-order valence-electron chi connectivity index (χ1n) is 8.25. The maximum atomic E-state index is 3.52. The number of hydrogen-bond donors (Lipinski definition) is 0. The summed E-state index contributed by atoms with van der Waals surface area (Å²) in [5.74, 6) is 6.69. The number of benzene rings is 2. The van der Waals surface area contributed by atoms with Gasteiger partial charge in [-0.3, -0.25) is 0 Å². The third-order valence-electron chi connectivity index (χ3n) is 5.18. The van der Waals surface area contributed by atoms with Gasteiger partial charge in [0.25, 0.3) is 0 Å². The minimum Gasteiger partial charge on any atom is -1.00 e. The van der Waals surface area contributed by atoms with Gasteiger partial charge in [0.05, 0.1) is 5.41 Å². The van der Waals surface area contributed by atoms with Gasteiger partial charge in [0.1, 0.15) is 0 Å². The van der Waals surface area contributed by atoms with E-state index in [1.54, 1.807) is 0 Å². The molecule has 2 aromatic carbocycles. The Labute approximate surface area is 188 Å². The number of halogens is 2. The van der Waals surface area contributed by atoms with Crippen molar-refractivity contribution in [1.29, 1.82) is 0 Å². The fraction of sp³-hybridized carbons (Fsp3) is 0.217. The van der Waals surface area contributed by atoms with E-state index < -0.39 is 0 Å². The van der Waals surface area contributed by atoms with Crippen molar-refractivity contribution in [3.05, 3.63) is 83.0 Å². The summed E-state index contributed by atoms with van der Waals surface area (Å²) in [7, 11) is 0. The minimum atomic E-state index is -0.203. The van der Waals surface area contributed by atoms with Crippen LogP contribution in [0.15, 0.2) is 66.3 Å². The summed E-state index contributed by atoms with van der Waals surface area (Å²) in [5, 5.41) is 0. The zero-order valence-corrected chi connectivity index (χ0v) is 18.9. The molecule has 0 saturated heterocycles. The standard InChI is InChI=1S/C23H20.2ClH.Zr/c1-3-15-23(2,18-10-5-6-11-18)22-14-8-13-20-19-12-7-4-9-17(19)16-21(20)22;;;/h4-10,12-14H,11,16H2,1-2H3;2*1H;/q;;;+2/p-2. The predicted molar refractivity (Wildman–Crippen MR) is 97.3 cm³/mol. The Balaban J connectivity index is 0.00000113. The first-order chi connectivity index (χ1) is 11.2. The van der Waals surface area contributed by atoms with E-state index in [0.29, 0.717) is 0 Å². The van der Waals surface area contributed by atoms with Gasteiger partial charge < -0.3 is 24.8 Å². The van der Waals surface area contributed by atoms with Crippen molar-refractivity contribution in [2.45, 2.75) is 32.1 Å². The predicted octanol–water partition coefficient (Wildman–Crippen LogP) is -0.569. The van der Waals surface area contributed by atoms with Crippen LogP contribution in [0.1, 0.15) is 37.0 Å². The maximum absolute atomic E-state index is 3.52. The second-order valence-corrected chi connectivity index (χ2v) is 6.49. The summed E-state index contributed by atoms with van der Waals surface area (Å²) < 4.78 is 0. The zero-order chi connectivity index (χ0) is 15.9. The van der Waals surface area contributed by atoms with Crippen LogP contribution in [0.3, 0.4) is 0 Å². The van der Waals surface area contributed by atoms with Crippen molar-refractivity contribution in [1.82, 2.24) is 0 Å². The van der Waals surface area contributed by atoms with Crippen LogP contribution in [0, 0.1) is 11.8 Å². The monoisotopic (exact) mass is 456 g/mol. The Morgan fingerprint density at radius 2 is 1.69 bits per heavy atom. The molecule has 2 aromatic rings. The third kappa shape index (κ3) is 3.66. The van der Waals surface area contributed by atoms with Gasteiger partial charge in [0, 0.05) is 0 Å². The summed E-state index contributed by atoms with van der Waals surface area (Å²) in [5.41, 5.74) is 8.22. The average molecular weight is 459 g/mol. The zero-order valence-electron chi connectivity index (χ0n) is 14.9. The molecular formula is C23H20Cl2Zr. The van der Waals surface area contributed by atoms with E-state index in [0.717, 1.165) is 12.8 Å². The second kappa shape index (κ2) is 9.23. The topological polar surface area (TPSA) is 0 Å². The summed E-state index contributed by atoms with van der Waals surface area (Å²) in [6.45, 7) is 4.22. The number of allylic oxidation sites excluding steroid dienone is 4. The average Bonchev–Trinajstić information content (AvgIpc) is 3.22. The molecule has 0 fully saturated rings. The Kier molecular flexibility index (Phi) is 8.16. The van der Waals surface area contributed by atoms with Crippen LogP contribution in [-0.2, 0) is 38.0 Å². The van der Waals surface area contributed by atoms with Crippen LogP contribution < -0.4 is 24.8 Å². The molecule has 1 unspecified atom stereocenters. The van der Waals surface area contributed by atoms with Crippen molar-refractivity contribution < 1.29 is 51.0 Å². The van der Waals surface area contributed by atoms with E-state index in [1.807, 2.05) is 6.92 Å². The number of rotatable bonds is 2. The molecule has 0 radical (unpaired) electrons. The fourth-order valence-electron chi connectivity index (χ4n) is 4.01. The van der Waals surface area contributed by atoms with Gasteiger partial charge in [-0.1, -0.05) is 66.6 Å². The van der Waals surface area contributed by atoms with E-state index in [1.165, 1.54) is 33.4 Å². The van der Waals surface area contributed by atoms with E-state index in [2.05, 4.69) is 79.5 Å². The molecule has 0 aliphatic heterocycles. The molecule has 4 rings (SSSR count). The molecule has 0 bridgehead atoms. The van der Waals surface area contributed by atoms with Gasteiger partial charge in [0.15, 0.2) is 0 Å². The minimum absolute atomic E-state index is 0. The molecule has 0 saturated carbocycles. The van der Waals surface area contributed by atoms with E-state index in [-0.39, 0.29) is 56.4 Å². The summed E-state index contributed by atoms with van der Waals surface area (Å²) >= 11 is 0. The van der Waals surface area contributed by atoms with Crippen LogP contribution in [0.2, 0.25) is 0 Å². The summed E-state index contributed by atoms with van der Waals surface area (Å²) in [6, 6.07) is 15.5. The van der Waals surface area contributed by atoms with Gasteiger partial charge in [-0.2, -0.15) is 0 Å². The smallest absolute Gasteiger partial charge is 1.00 e. The Hall–Kier alpha value is -1.06. The third-order valence-corrected chi connectivity index (χ3v) is 5.18. The largest absolute Gasteiger partial charge is 2.00 e. The Morgan fingerprint density at radius 3 is 2.38 bits per heavy atom. The van der Waals surface area contributed by atoms with Gasteiger partial charge in [-0.25, -0.2) is 0 Å². The molecular weight excluding hydrogens is 438 g/mol. The van der Waals surface area contributed by atoms with Crippen molar-refractivity contribution in [2.24, 2.45) is 0 Å². The van der Waals surface area contributed by atoms with Crippen LogP contribution >= 0.6 is 0 Å². The van der Waals surface area contributed by atoms with Crippen molar-refractivity contribution in [3.8, 4) is 23.0 Å². The molecule has 3 heteroatoms. The van der Waals surface area contributed by atoms with Gasteiger partial charge in [-0.05, 0) is 60.1 Å². The number of hydrogen-bond acceptors (Lipinski definition) is 0. The molecule has 1 atom stereocenters. The molecule has 0 nitrogen and oxygen atoms in total. The first kappa shape index (κ1) is 23.0. The summed E-state index contributed by atoms with van der Waals surface area (Å²) in [4.78, 5) is 0. The van der Waals surface area contributed by atoms with Crippen LogP contribution in [-0.4, -0.2) is 0 Å². The normalized spacial score (nSPS) is 14.9. The van der Waals surface area contributed by atoms with Crippen LogP contribution in [0.4, 0.5) is 0 Å². The van der Waals surface area contributed by atoms with Gasteiger partial charge in [-0.15, -0.1) is 5.92 Å². The van der Waals surface area contributed by atoms with Crippen molar-refractivity contribution in [3.63, 3.8) is 0 Å². The molecule has 0 heterocycles. The molecule has 130 valence electrons. The fourth-order valence-corrected chi connectivity index (χ4v) is 4.01. The van der Waals surface area contributed by atoms with Crippen LogP contribution in [0.5, 0.6) is 0 Å². The Bertz CT molecular complexity index is 915. The number of fused-ring (bicyclic) bond motifs is 3. The second-order valence-electron chi connectivity index (χ2n) is 6.49.